The van der Waals surface area contributed by atoms with E-state index in [9.17, 15) is 9.59 Å². The highest BCUT2D eigenvalue weighted by Gasteiger charge is 2.33. The van der Waals surface area contributed by atoms with Crippen molar-refractivity contribution in [2.75, 3.05) is 13.1 Å². The first-order valence-electron chi connectivity index (χ1n) is 5.98. The van der Waals surface area contributed by atoms with Gasteiger partial charge in [-0.05, 0) is 25.2 Å². The van der Waals surface area contributed by atoms with Crippen molar-refractivity contribution in [3.05, 3.63) is 0 Å². The summed E-state index contributed by atoms with van der Waals surface area (Å²) in [7, 11) is 0. The summed E-state index contributed by atoms with van der Waals surface area (Å²) in [6, 6.07) is 0.130. The Labute approximate surface area is 95.1 Å². The number of nitrogens with one attached hydrogen (secondary N) is 2. The lowest BCUT2D eigenvalue weighted by molar-refractivity contribution is -0.129. The van der Waals surface area contributed by atoms with Gasteiger partial charge >= 0.3 is 0 Å². The van der Waals surface area contributed by atoms with Crippen LogP contribution in [0.3, 0.4) is 0 Å². The summed E-state index contributed by atoms with van der Waals surface area (Å²) in [5.41, 5.74) is 5.63. The Hall–Kier alpha value is -1.10. The van der Waals surface area contributed by atoms with Crippen LogP contribution in [-0.4, -0.2) is 30.9 Å². The van der Waals surface area contributed by atoms with Crippen molar-refractivity contribution in [2.45, 2.75) is 31.7 Å². The minimum atomic E-state index is -0.0782. The molecule has 4 N–H and O–H groups in total. The number of carbonyl (C=O) groups is 2. The lowest BCUT2D eigenvalue weighted by atomic mass is 9.97. The SMILES string of the molecule is NCC(NC(=O)C1CCC(=O)NC1)C1CC1. The third-order valence-electron chi connectivity index (χ3n) is 3.41. The molecule has 0 aromatic carbocycles. The Bertz CT molecular complexity index is 279. The smallest absolute Gasteiger partial charge is 0.225 e. The molecule has 90 valence electrons. The fourth-order valence-corrected chi connectivity index (χ4v) is 2.13. The van der Waals surface area contributed by atoms with Crippen LogP contribution in [0.2, 0.25) is 0 Å². The monoisotopic (exact) mass is 225 g/mol. The molecule has 2 fully saturated rings. The van der Waals surface area contributed by atoms with E-state index < -0.39 is 0 Å². The molecular weight excluding hydrogens is 206 g/mol. The second kappa shape index (κ2) is 4.82. The molecule has 1 aliphatic heterocycles. The average Bonchev–Trinajstić information content (AvgIpc) is 3.10. The lowest BCUT2D eigenvalue weighted by Gasteiger charge is -2.24. The molecule has 5 nitrogen and oxygen atoms in total. The van der Waals surface area contributed by atoms with Gasteiger partial charge in [0, 0.05) is 25.6 Å². The van der Waals surface area contributed by atoms with E-state index in [0.717, 1.165) is 0 Å². The van der Waals surface area contributed by atoms with Gasteiger partial charge in [-0.15, -0.1) is 0 Å². The molecule has 16 heavy (non-hydrogen) atoms. The van der Waals surface area contributed by atoms with E-state index in [1.807, 2.05) is 0 Å². The molecule has 0 spiro atoms. The molecule has 2 rings (SSSR count). The van der Waals surface area contributed by atoms with Crippen molar-refractivity contribution in [3.8, 4) is 0 Å². The van der Waals surface area contributed by atoms with Crippen LogP contribution < -0.4 is 16.4 Å². The predicted molar refractivity (Wildman–Crippen MR) is 59.4 cm³/mol. The zero-order valence-corrected chi connectivity index (χ0v) is 9.37. The Balaban J connectivity index is 1.80. The maximum atomic E-state index is 11.9. The Morgan fingerprint density at radius 2 is 2.25 bits per heavy atom. The lowest BCUT2D eigenvalue weighted by Crippen LogP contribution is -2.48. The molecule has 1 saturated carbocycles. The van der Waals surface area contributed by atoms with Crippen molar-refractivity contribution in [1.29, 1.82) is 0 Å². The standard InChI is InChI=1S/C11H19N3O2/c12-5-9(7-1-2-7)14-11(16)8-3-4-10(15)13-6-8/h7-9H,1-6,12H2,(H,13,15)(H,14,16). The summed E-state index contributed by atoms with van der Waals surface area (Å²) >= 11 is 0. The van der Waals surface area contributed by atoms with Crippen molar-refractivity contribution >= 4 is 11.8 Å². The molecule has 0 radical (unpaired) electrons. The summed E-state index contributed by atoms with van der Waals surface area (Å²) in [6.45, 7) is 0.974. The van der Waals surface area contributed by atoms with Crippen molar-refractivity contribution in [3.63, 3.8) is 0 Å². The van der Waals surface area contributed by atoms with Crippen LogP contribution in [0.4, 0.5) is 0 Å². The second-order valence-electron chi connectivity index (χ2n) is 4.73. The number of hydrogen-bond donors (Lipinski definition) is 3. The maximum absolute atomic E-state index is 11.9. The van der Waals surface area contributed by atoms with Crippen LogP contribution >= 0.6 is 0 Å². The largest absolute Gasteiger partial charge is 0.355 e. The van der Waals surface area contributed by atoms with E-state index in [0.29, 0.717) is 31.8 Å². The van der Waals surface area contributed by atoms with Gasteiger partial charge in [-0.3, -0.25) is 9.59 Å². The van der Waals surface area contributed by atoms with E-state index in [4.69, 9.17) is 5.73 Å². The topological polar surface area (TPSA) is 84.2 Å². The third-order valence-corrected chi connectivity index (χ3v) is 3.41. The van der Waals surface area contributed by atoms with E-state index in [2.05, 4.69) is 10.6 Å². The number of hydrogen-bond acceptors (Lipinski definition) is 3. The van der Waals surface area contributed by atoms with E-state index >= 15 is 0 Å². The van der Waals surface area contributed by atoms with Crippen LogP contribution in [0.5, 0.6) is 0 Å². The van der Waals surface area contributed by atoms with Crippen molar-refractivity contribution in [1.82, 2.24) is 10.6 Å². The molecule has 0 aromatic heterocycles. The number of rotatable bonds is 4. The first-order valence-corrected chi connectivity index (χ1v) is 5.98. The van der Waals surface area contributed by atoms with Gasteiger partial charge in [0.2, 0.25) is 11.8 Å². The van der Waals surface area contributed by atoms with E-state index in [1.165, 1.54) is 12.8 Å². The molecule has 2 atom stereocenters. The predicted octanol–water partition coefficient (Wildman–Crippen LogP) is -0.634. The second-order valence-corrected chi connectivity index (χ2v) is 4.73. The molecule has 2 unspecified atom stereocenters. The first-order chi connectivity index (χ1) is 7.70. The van der Waals surface area contributed by atoms with Gasteiger partial charge in [-0.25, -0.2) is 0 Å². The van der Waals surface area contributed by atoms with Crippen LogP contribution in [0.1, 0.15) is 25.7 Å². The van der Waals surface area contributed by atoms with Crippen LogP contribution in [0, 0.1) is 11.8 Å². The van der Waals surface area contributed by atoms with Crippen molar-refractivity contribution in [2.24, 2.45) is 17.6 Å². The molecule has 0 bridgehead atoms. The summed E-state index contributed by atoms with van der Waals surface area (Å²) in [6.07, 6.45) is 3.45. The minimum absolute atomic E-state index is 0.0432. The van der Waals surface area contributed by atoms with Crippen LogP contribution in [-0.2, 0) is 9.59 Å². The Morgan fingerprint density at radius 1 is 1.50 bits per heavy atom. The quantitative estimate of drug-likeness (QED) is 0.595. The van der Waals surface area contributed by atoms with Crippen molar-refractivity contribution < 1.29 is 9.59 Å². The Kier molecular flexibility index (Phi) is 3.43. The van der Waals surface area contributed by atoms with Gasteiger partial charge in [0.25, 0.3) is 0 Å². The van der Waals surface area contributed by atoms with Gasteiger partial charge in [-0.1, -0.05) is 0 Å². The zero-order valence-electron chi connectivity index (χ0n) is 9.37. The first kappa shape index (κ1) is 11.4. The fourth-order valence-electron chi connectivity index (χ4n) is 2.13. The van der Waals surface area contributed by atoms with Gasteiger partial charge < -0.3 is 16.4 Å². The van der Waals surface area contributed by atoms with Gasteiger partial charge in [0.1, 0.15) is 0 Å². The van der Waals surface area contributed by atoms with Crippen LogP contribution in [0.15, 0.2) is 0 Å². The molecule has 2 amide bonds. The maximum Gasteiger partial charge on any atom is 0.225 e. The summed E-state index contributed by atoms with van der Waals surface area (Å²) in [4.78, 5) is 22.9. The summed E-state index contributed by atoms with van der Waals surface area (Å²) in [5.74, 6) is 0.585. The van der Waals surface area contributed by atoms with Gasteiger partial charge in [0.05, 0.1) is 5.92 Å². The normalized spacial score (nSPS) is 27.1. The van der Waals surface area contributed by atoms with E-state index in [1.54, 1.807) is 0 Å². The minimum Gasteiger partial charge on any atom is -0.355 e. The molecular formula is C11H19N3O2. The van der Waals surface area contributed by atoms with Gasteiger partial charge in [0.15, 0.2) is 0 Å². The summed E-state index contributed by atoms with van der Waals surface area (Å²) in [5, 5.41) is 5.72. The summed E-state index contributed by atoms with van der Waals surface area (Å²) < 4.78 is 0. The molecule has 1 saturated heterocycles. The third kappa shape index (κ3) is 2.72. The zero-order chi connectivity index (χ0) is 11.5. The number of piperidine rings is 1. The number of nitrogens with two attached hydrogens (primary N) is 1. The fraction of sp³-hybridized carbons (Fsp3) is 0.818. The highest BCUT2D eigenvalue weighted by molar-refractivity contribution is 5.83. The highest BCUT2D eigenvalue weighted by Crippen LogP contribution is 2.32. The number of carbonyl (C=O) groups excluding carboxylic acids is 2. The molecule has 1 heterocycles. The van der Waals surface area contributed by atoms with E-state index in [-0.39, 0.29) is 23.8 Å². The molecule has 0 aromatic rings. The highest BCUT2D eigenvalue weighted by atomic mass is 16.2. The average molecular weight is 225 g/mol. The molecule has 1 aliphatic carbocycles. The Morgan fingerprint density at radius 3 is 2.75 bits per heavy atom. The van der Waals surface area contributed by atoms with Gasteiger partial charge in [-0.2, -0.15) is 0 Å². The number of amides is 2. The van der Waals surface area contributed by atoms with Crippen LogP contribution in [0.25, 0.3) is 0 Å². The molecule has 5 heteroatoms. The molecule has 2 aliphatic rings.